The second-order valence-electron chi connectivity index (χ2n) is 8.46. The zero-order valence-corrected chi connectivity index (χ0v) is 20.3. The van der Waals surface area contributed by atoms with Crippen molar-refractivity contribution in [3.8, 4) is 10.6 Å². The molecule has 35 heavy (non-hydrogen) atoms. The maximum absolute atomic E-state index is 13.1. The lowest BCUT2D eigenvalue weighted by Gasteiger charge is -2.16. The van der Waals surface area contributed by atoms with E-state index in [-0.39, 0.29) is 29.4 Å². The monoisotopic (exact) mass is 492 g/mol. The van der Waals surface area contributed by atoms with Gasteiger partial charge in [-0.15, -0.1) is 11.3 Å². The lowest BCUT2D eigenvalue weighted by molar-refractivity contribution is 0.0476. The summed E-state index contributed by atoms with van der Waals surface area (Å²) in [6, 6.07) is 12.5. The number of nitrogens with zero attached hydrogens (tertiary/aromatic N) is 3. The SMILES string of the molecule is CC(C)Cn1c(N)c(C(=O)COC(=O)c2cc(-c3cccs3)nc3ccccc23)c(=O)n(C)c1=O. The number of aromatic nitrogens is 3. The van der Waals surface area contributed by atoms with E-state index < -0.39 is 29.6 Å². The Labute approximate surface area is 204 Å². The second-order valence-corrected chi connectivity index (χ2v) is 9.41. The van der Waals surface area contributed by atoms with Crippen LogP contribution in [0.4, 0.5) is 5.82 Å². The molecule has 0 aliphatic carbocycles. The highest BCUT2D eigenvalue weighted by Crippen LogP contribution is 2.28. The van der Waals surface area contributed by atoms with Gasteiger partial charge in [0.2, 0.25) is 5.78 Å². The molecule has 0 amide bonds. The number of pyridine rings is 1. The number of anilines is 1. The van der Waals surface area contributed by atoms with E-state index in [9.17, 15) is 19.2 Å². The summed E-state index contributed by atoms with van der Waals surface area (Å²) in [4.78, 5) is 56.6. The molecule has 3 heterocycles. The molecule has 0 saturated carbocycles. The number of nitrogens with two attached hydrogens (primary N) is 1. The van der Waals surface area contributed by atoms with Crippen LogP contribution in [0.3, 0.4) is 0 Å². The average Bonchev–Trinajstić information content (AvgIpc) is 3.38. The van der Waals surface area contributed by atoms with Gasteiger partial charge in [0.25, 0.3) is 5.56 Å². The van der Waals surface area contributed by atoms with Crippen molar-refractivity contribution in [1.29, 1.82) is 0 Å². The molecule has 2 N–H and O–H groups in total. The maximum atomic E-state index is 13.1. The van der Waals surface area contributed by atoms with Gasteiger partial charge in [-0.05, 0) is 29.5 Å². The summed E-state index contributed by atoms with van der Waals surface area (Å²) in [7, 11) is 1.28. The smallest absolute Gasteiger partial charge is 0.339 e. The number of fused-ring (bicyclic) bond motifs is 1. The van der Waals surface area contributed by atoms with Crippen LogP contribution in [-0.2, 0) is 18.3 Å². The zero-order valence-electron chi connectivity index (χ0n) is 19.5. The van der Waals surface area contributed by atoms with Crippen LogP contribution in [0.25, 0.3) is 21.5 Å². The number of ketones is 1. The van der Waals surface area contributed by atoms with Crippen molar-refractivity contribution in [3.05, 3.63) is 79.8 Å². The topological polar surface area (TPSA) is 126 Å². The molecule has 0 atom stereocenters. The summed E-state index contributed by atoms with van der Waals surface area (Å²) in [5, 5.41) is 2.48. The molecule has 0 spiro atoms. The number of rotatable bonds is 7. The van der Waals surface area contributed by atoms with Gasteiger partial charge in [0, 0.05) is 19.0 Å². The number of Topliss-reactive ketones (excluding diaryl/α,β-unsaturated/α-hetero) is 1. The fraction of sp³-hybridized carbons (Fsp3) is 0.240. The molecule has 0 aliphatic heterocycles. The van der Waals surface area contributed by atoms with Crippen molar-refractivity contribution >= 4 is 39.8 Å². The molecule has 4 aromatic rings. The standard InChI is InChI=1S/C25H24N4O5S/c1-14(2)12-29-22(26)21(23(31)28(3)25(29)33)19(30)13-34-24(32)16-11-18(20-9-6-10-35-20)27-17-8-5-4-7-15(16)17/h4-11,14H,12-13,26H2,1-3H3. The fourth-order valence-electron chi connectivity index (χ4n) is 3.76. The van der Waals surface area contributed by atoms with Crippen LogP contribution >= 0.6 is 11.3 Å². The first-order valence-corrected chi connectivity index (χ1v) is 11.8. The van der Waals surface area contributed by atoms with Gasteiger partial charge in [-0.3, -0.25) is 18.7 Å². The highest BCUT2D eigenvalue weighted by molar-refractivity contribution is 7.13. The molecule has 0 unspecified atom stereocenters. The molecular weight excluding hydrogens is 468 g/mol. The van der Waals surface area contributed by atoms with Gasteiger partial charge in [0.05, 0.1) is 21.7 Å². The van der Waals surface area contributed by atoms with Crippen LogP contribution in [0, 0.1) is 5.92 Å². The Morgan fingerprint density at radius 2 is 1.89 bits per heavy atom. The molecule has 1 aromatic carbocycles. The van der Waals surface area contributed by atoms with Crippen molar-refractivity contribution in [2.24, 2.45) is 13.0 Å². The second kappa shape index (κ2) is 9.67. The Hall–Kier alpha value is -4.05. The van der Waals surface area contributed by atoms with E-state index in [2.05, 4.69) is 4.98 Å². The van der Waals surface area contributed by atoms with E-state index in [0.717, 1.165) is 9.44 Å². The molecule has 10 heteroatoms. The Morgan fingerprint density at radius 1 is 1.14 bits per heavy atom. The van der Waals surface area contributed by atoms with Crippen molar-refractivity contribution < 1.29 is 14.3 Å². The Bertz CT molecular complexity index is 1550. The third kappa shape index (κ3) is 4.65. The van der Waals surface area contributed by atoms with Gasteiger partial charge in [-0.2, -0.15) is 0 Å². The number of thiophene rings is 1. The van der Waals surface area contributed by atoms with E-state index in [0.29, 0.717) is 16.6 Å². The molecule has 0 radical (unpaired) electrons. The predicted octanol–water partition coefficient (Wildman–Crippen LogP) is 3.10. The number of carbonyl (C=O) groups excluding carboxylic acids is 2. The quantitative estimate of drug-likeness (QED) is 0.310. The van der Waals surface area contributed by atoms with Crippen LogP contribution in [0.1, 0.15) is 34.6 Å². The third-order valence-corrected chi connectivity index (χ3v) is 6.35. The number of nitrogen functional groups attached to an aromatic ring is 1. The van der Waals surface area contributed by atoms with Crippen LogP contribution in [0.15, 0.2) is 57.4 Å². The summed E-state index contributed by atoms with van der Waals surface area (Å²) in [5.74, 6) is -1.71. The summed E-state index contributed by atoms with van der Waals surface area (Å²) < 4.78 is 7.34. The van der Waals surface area contributed by atoms with Gasteiger partial charge in [0.15, 0.2) is 6.61 Å². The first-order chi connectivity index (χ1) is 16.7. The van der Waals surface area contributed by atoms with Gasteiger partial charge >= 0.3 is 11.7 Å². The minimum absolute atomic E-state index is 0.0470. The van der Waals surface area contributed by atoms with Crippen LogP contribution in [0.2, 0.25) is 0 Å². The normalized spacial score (nSPS) is 11.2. The number of carbonyl (C=O) groups is 2. The van der Waals surface area contributed by atoms with E-state index in [1.54, 1.807) is 24.3 Å². The number of benzene rings is 1. The lowest BCUT2D eigenvalue weighted by atomic mass is 10.1. The summed E-state index contributed by atoms with van der Waals surface area (Å²) in [6.45, 7) is 3.28. The number of hydrogen-bond donors (Lipinski definition) is 1. The molecular formula is C25H24N4O5S. The predicted molar refractivity (Wildman–Crippen MR) is 135 cm³/mol. The van der Waals surface area contributed by atoms with Crippen LogP contribution in [-0.4, -0.2) is 32.5 Å². The first kappa shape index (κ1) is 24.1. The summed E-state index contributed by atoms with van der Waals surface area (Å²) >= 11 is 1.48. The number of para-hydroxylation sites is 1. The molecule has 0 aliphatic rings. The van der Waals surface area contributed by atoms with E-state index in [1.807, 2.05) is 37.4 Å². The van der Waals surface area contributed by atoms with E-state index >= 15 is 0 Å². The molecule has 9 nitrogen and oxygen atoms in total. The molecule has 0 saturated heterocycles. The van der Waals surface area contributed by atoms with Gasteiger partial charge in [-0.1, -0.05) is 38.1 Å². The average molecular weight is 493 g/mol. The summed E-state index contributed by atoms with van der Waals surface area (Å²) in [6.07, 6.45) is 0. The minimum atomic E-state index is -0.831. The molecule has 0 fully saturated rings. The summed E-state index contributed by atoms with van der Waals surface area (Å²) in [5.41, 5.74) is 5.69. The molecule has 3 aromatic heterocycles. The lowest BCUT2D eigenvalue weighted by Crippen LogP contribution is -2.43. The Balaban J connectivity index is 1.66. The Kier molecular flexibility index (Phi) is 6.65. The zero-order chi connectivity index (χ0) is 25.3. The van der Waals surface area contributed by atoms with E-state index in [4.69, 9.17) is 10.5 Å². The largest absolute Gasteiger partial charge is 0.454 e. The highest BCUT2D eigenvalue weighted by atomic mass is 32.1. The fourth-order valence-corrected chi connectivity index (χ4v) is 4.45. The maximum Gasteiger partial charge on any atom is 0.339 e. The molecule has 0 bridgehead atoms. The number of ether oxygens (including phenoxy) is 1. The van der Waals surface area contributed by atoms with Gasteiger partial charge in [-0.25, -0.2) is 14.6 Å². The minimum Gasteiger partial charge on any atom is -0.454 e. The van der Waals surface area contributed by atoms with Crippen LogP contribution < -0.4 is 17.0 Å². The van der Waals surface area contributed by atoms with Crippen molar-refractivity contribution in [1.82, 2.24) is 14.1 Å². The van der Waals surface area contributed by atoms with Crippen LogP contribution in [0.5, 0.6) is 0 Å². The third-order valence-electron chi connectivity index (χ3n) is 5.45. The van der Waals surface area contributed by atoms with Crippen molar-refractivity contribution in [2.45, 2.75) is 20.4 Å². The molecule has 4 rings (SSSR count). The van der Waals surface area contributed by atoms with Gasteiger partial charge < -0.3 is 10.5 Å². The van der Waals surface area contributed by atoms with Gasteiger partial charge in [0.1, 0.15) is 11.4 Å². The number of esters is 1. The van der Waals surface area contributed by atoms with Crippen molar-refractivity contribution in [2.75, 3.05) is 12.3 Å². The molecule has 180 valence electrons. The Morgan fingerprint density at radius 3 is 2.57 bits per heavy atom. The first-order valence-electron chi connectivity index (χ1n) is 10.9. The van der Waals surface area contributed by atoms with E-state index in [1.165, 1.54) is 23.0 Å². The van der Waals surface area contributed by atoms with Crippen molar-refractivity contribution in [3.63, 3.8) is 0 Å². The number of hydrogen-bond acceptors (Lipinski definition) is 8. The highest BCUT2D eigenvalue weighted by Gasteiger charge is 2.24.